The summed E-state index contributed by atoms with van der Waals surface area (Å²) in [6.45, 7) is 0.238. The van der Waals surface area contributed by atoms with Gasteiger partial charge in [0, 0.05) is 6.54 Å². The van der Waals surface area contributed by atoms with Gasteiger partial charge in [-0.3, -0.25) is 0 Å². The first-order valence-electron chi connectivity index (χ1n) is 6.10. The summed E-state index contributed by atoms with van der Waals surface area (Å²) in [7, 11) is 0. The van der Waals surface area contributed by atoms with E-state index >= 15 is 0 Å². The van der Waals surface area contributed by atoms with Crippen LogP contribution in [0, 0.1) is 0 Å². The van der Waals surface area contributed by atoms with Crippen molar-refractivity contribution < 1.29 is 5.11 Å². The average Bonchev–Trinajstić information content (AvgIpc) is 2.45. The fraction of sp³-hybridized carbons (Fsp3) is 0.125. The fourth-order valence-corrected chi connectivity index (χ4v) is 2.49. The molecule has 2 nitrogen and oxygen atoms in total. The fourth-order valence-electron chi connectivity index (χ4n) is 2.49. The number of aliphatic hydroxyl groups is 1. The lowest BCUT2D eigenvalue weighted by atomic mass is 9.94. The zero-order valence-corrected chi connectivity index (χ0v) is 10.0. The Labute approximate surface area is 106 Å². The van der Waals surface area contributed by atoms with E-state index < -0.39 is 6.10 Å². The summed E-state index contributed by atoms with van der Waals surface area (Å²) in [5.41, 5.74) is 6.50. The van der Waals surface area contributed by atoms with Crippen molar-refractivity contribution in [3.8, 4) is 0 Å². The van der Waals surface area contributed by atoms with Crippen LogP contribution in [0.5, 0.6) is 0 Å². The first kappa shape index (κ1) is 11.2. The van der Waals surface area contributed by atoms with Crippen LogP contribution in [0.2, 0.25) is 0 Å². The van der Waals surface area contributed by atoms with Crippen molar-refractivity contribution >= 4 is 21.5 Å². The molecule has 0 bridgehead atoms. The maximum Gasteiger partial charge on any atom is 0.0918 e. The Morgan fingerprint density at radius 2 is 1.50 bits per heavy atom. The van der Waals surface area contributed by atoms with Gasteiger partial charge in [0.15, 0.2) is 0 Å². The second-order valence-electron chi connectivity index (χ2n) is 4.48. The van der Waals surface area contributed by atoms with Crippen molar-refractivity contribution in [2.24, 2.45) is 5.73 Å². The van der Waals surface area contributed by atoms with E-state index in [-0.39, 0.29) is 6.54 Å². The zero-order valence-electron chi connectivity index (χ0n) is 10.0. The Morgan fingerprint density at radius 1 is 0.889 bits per heavy atom. The number of hydrogen-bond acceptors (Lipinski definition) is 2. The molecule has 1 atom stereocenters. The summed E-state index contributed by atoms with van der Waals surface area (Å²) in [5.74, 6) is 0. The van der Waals surface area contributed by atoms with Crippen LogP contribution in [0.3, 0.4) is 0 Å². The topological polar surface area (TPSA) is 46.2 Å². The Kier molecular flexibility index (Phi) is 2.74. The van der Waals surface area contributed by atoms with Gasteiger partial charge >= 0.3 is 0 Å². The molecule has 0 spiro atoms. The minimum absolute atomic E-state index is 0.238. The van der Waals surface area contributed by atoms with Crippen molar-refractivity contribution in [1.29, 1.82) is 0 Å². The van der Waals surface area contributed by atoms with Crippen LogP contribution < -0.4 is 5.73 Å². The quantitative estimate of drug-likeness (QED) is 0.673. The third-order valence-electron chi connectivity index (χ3n) is 3.38. The molecule has 0 aliphatic heterocycles. The summed E-state index contributed by atoms with van der Waals surface area (Å²) < 4.78 is 0. The average molecular weight is 237 g/mol. The van der Waals surface area contributed by atoms with Crippen molar-refractivity contribution in [3.05, 3.63) is 60.2 Å². The number of nitrogens with two attached hydrogens (primary N) is 1. The van der Waals surface area contributed by atoms with Crippen LogP contribution in [-0.4, -0.2) is 11.7 Å². The lowest BCUT2D eigenvalue weighted by molar-refractivity contribution is 0.188. The molecule has 3 N–H and O–H groups in total. The zero-order chi connectivity index (χ0) is 12.5. The van der Waals surface area contributed by atoms with E-state index in [1.165, 1.54) is 5.39 Å². The van der Waals surface area contributed by atoms with Gasteiger partial charge in [0.1, 0.15) is 0 Å². The molecule has 90 valence electrons. The third kappa shape index (κ3) is 1.67. The van der Waals surface area contributed by atoms with Crippen LogP contribution in [0.4, 0.5) is 0 Å². The molecule has 3 aromatic carbocycles. The molecule has 0 aromatic heterocycles. The molecule has 0 saturated carbocycles. The molecule has 0 aliphatic carbocycles. The monoisotopic (exact) mass is 237 g/mol. The molecular formula is C16H15NO. The van der Waals surface area contributed by atoms with Gasteiger partial charge in [0.25, 0.3) is 0 Å². The third-order valence-corrected chi connectivity index (χ3v) is 3.38. The van der Waals surface area contributed by atoms with Gasteiger partial charge in [-0.25, -0.2) is 0 Å². The van der Waals surface area contributed by atoms with Crippen LogP contribution in [0.25, 0.3) is 21.5 Å². The molecular weight excluding hydrogens is 222 g/mol. The Balaban J connectivity index is 2.46. The van der Waals surface area contributed by atoms with Gasteiger partial charge in [-0.1, -0.05) is 48.5 Å². The summed E-state index contributed by atoms with van der Waals surface area (Å²) in [4.78, 5) is 0. The van der Waals surface area contributed by atoms with Crippen LogP contribution in [-0.2, 0) is 0 Å². The summed E-state index contributed by atoms with van der Waals surface area (Å²) in [6, 6.07) is 18.4. The van der Waals surface area contributed by atoms with E-state index in [2.05, 4.69) is 18.2 Å². The predicted octanol–water partition coefficient (Wildman–Crippen LogP) is 2.99. The number of fused-ring (bicyclic) bond motifs is 3. The molecule has 2 heteroatoms. The molecule has 3 aromatic rings. The van der Waals surface area contributed by atoms with Crippen molar-refractivity contribution in [3.63, 3.8) is 0 Å². The minimum Gasteiger partial charge on any atom is -0.387 e. The smallest absolute Gasteiger partial charge is 0.0918 e. The molecule has 0 aliphatic rings. The van der Waals surface area contributed by atoms with Gasteiger partial charge in [0.05, 0.1) is 6.10 Å². The normalized spacial score (nSPS) is 13.0. The highest BCUT2D eigenvalue weighted by atomic mass is 16.3. The first-order valence-corrected chi connectivity index (χ1v) is 6.10. The van der Waals surface area contributed by atoms with E-state index in [0.29, 0.717) is 0 Å². The van der Waals surface area contributed by atoms with Gasteiger partial charge in [0.2, 0.25) is 0 Å². The molecule has 0 radical (unpaired) electrons. The second kappa shape index (κ2) is 4.41. The molecule has 0 amide bonds. The van der Waals surface area contributed by atoms with Gasteiger partial charge < -0.3 is 10.8 Å². The SMILES string of the molecule is NCC(O)c1cc2ccccc2c2ccccc12. The molecule has 18 heavy (non-hydrogen) atoms. The van der Waals surface area contributed by atoms with E-state index in [1.807, 2.05) is 36.4 Å². The van der Waals surface area contributed by atoms with Crippen LogP contribution in [0.15, 0.2) is 54.6 Å². The molecule has 3 rings (SSSR count). The van der Waals surface area contributed by atoms with E-state index in [4.69, 9.17) is 5.73 Å². The Morgan fingerprint density at radius 3 is 2.22 bits per heavy atom. The van der Waals surface area contributed by atoms with E-state index in [1.54, 1.807) is 0 Å². The van der Waals surface area contributed by atoms with E-state index in [9.17, 15) is 5.11 Å². The number of hydrogen-bond donors (Lipinski definition) is 2. The summed E-state index contributed by atoms with van der Waals surface area (Å²) in [5, 5.41) is 14.7. The molecule has 0 fully saturated rings. The molecule has 0 saturated heterocycles. The second-order valence-corrected chi connectivity index (χ2v) is 4.48. The van der Waals surface area contributed by atoms with Crippen molar-refractivity contribution in [1.82, 2.24) is 0 Å². The Hall–Kier alpha value is -1.90. The van der Waals surface area contributed by atoms with Crippen molar-refractivity contribution in [2.45, 2.75) is 6.10 Å². The highest BCUT2D eigenvalue weighted by molar-refractivity contribution is 6.09. The maximum atomic E-state index is 10.1. The highest BCUT2D eigenvalue weighted by Crippen LogP contribution is 2.31. The largest absolute Gasteiger partial charge is 0.387 e. The van der Waals surface area contributed by atoms with Crippen LogP contribution >= 0.6 is 0 Å². The maximum absolute atomic E-state index is 10.1. The molecule has 1 unspecified atom stereocenters. The van der Waals surface area contributed by atoms with Gasteiger partial charge in [-0.2, -0.15) is 0 Å². The van der Waals surface area contributed by atoms with Gasteiger partial charge in [-0.15, -0.1) is 0 Å². The lowest BCUT2D eigenvalue weighted by Crippen LogP contribution is -2.11. The Bertz CT molecular complexity index is 706. The van der Waals surface area contributed by atoms with Crippen molar-refractivity contribution in [2.75, 3.05) is 6.54 Å². The standard InChI is InChI=1S/C16H15NO/c17-10-16(18)15-9-11-5-1-2-6-12(11)13-7-3-4-8-14(13)15/h1-9,16,18H,10,17H2. The number of rotatable bonds is 2. The van der Waals surface area contributed by atoms with Gasteiger partial charge in [-0.05, 0) is 33.2 Å². The number of benzene rings is 3. The lowest BCUT2D eigenvalue weighted by Gasteiger charge is -2.14. The summed E-state index contributed by atoms with van der Waals surface area (Å²) >= 11 is 0. The predicted molar refractivity (Wildman–Crippen MR) is 75.5 cm³/mol. The summed E-state index contributed by atoms with van der Waals surface area (Å²) in [6.07, 6.45) is -0.612. The first-order chi connectivity index (χ1) is 8.81. The molecule has 0 heterocycles. The minimum atomic E-state index is -0.612. The highest BCUT2D eigenvalue weighted by Gasteiger charge is 2.11. The van der Waals surface area contributed by atoms with E-state index in [0.717, 1.165) is 21.7 Å². The number of aliphatic hydroxyl groups excluding tert-OH is 1. The van der Waals surface area contributed by atoms with Crippen LogP contribution in [0.1, 0.15) is 11.7 Å².